The highest BCUT2D eigenvalue weighted by Crippen LogP contribution is 2.22. The molecule has 1 fully saturated rings. The van der Waals surface area contributed by atoms with Crippen molar-refractivity contribution in [2.45, 2.75) is 25.7 Å². The minimum Gasteiger partial charge on any atom is -0.494 e. The first-order valence-electron chi connectivity index (χ1n) is 9.72. The summed E-state index contributed by atoms with van der Waals surface area (Å²) in [7, 11) is 1.33. The molecule has 1 aliphatic heterocycles. The molecule has 154 valence electrons. The average Bonchev–Trinajstić information content (AvgIpc) is 3.02. The zero-order chi connectivity index (χ0) is 20.6. The van der Waals surface area contributed by atoms with Crippen molar-refractivity contribution in [3.8, 4) is 5.75 Å². The molecule has 2 aromatic carbocycles. The van der Waals surface area contributed by atoms with Gasteiger partial charge in [0.2, 0.25) is 0 Å². The summed E-state index contributed by atoms with van der Waals surface area (Å²) in [6.07, 6.45) is 4.93. The maximum Gasteiger partial charge on any atom is 0.338 e. The first-order chi connectivity index (χ1) is 14.1. The van der Waals surface area contributed by atoms with Gasteiger partial charge in [0.1, 0.15) is 0 Å². The topological polar surface area (TPSA) is 67.9 Å². The van der Waals surface area contributed by atoms with Gasteiger partial charge in [-0.25, -0.2) is 9.18 Å². The van der Waals surface area contributed by atoms with Crippen LogP contribution in [0.4, 0.5) is 15.8 Å². The third-order valence-corrected chi connectivity index (χ3v) is 4.84. The Bertz CT molecular complexity index is 846. The van der Waals surface area contributed by atoms with Gasteiger partial charge in [-0.05, 0) is 55.3 Å². The molecule has 3 rings (SSSR count). The van der Waals surface area contributed by atoms with Gasteiger partial charge in [-0.2, -0.15) is 0 Å². The molecule has 0 bridgehead atoms. The fraction of sp³-hybridized carbons (Fsp3) is 0.364. The van der Waals surface area contributed by atoms with E-state index in [-0.39, 0.29) is 11.3 Å². The van der Waals surface area contributed by atoms with Crippen molar-refractivity contribution in [3.05, 3.63) is 53.8 Å². The standard InChI is InChI=1S/C22H25FN2O4/c1-28-20-11-6-16(14-19(20)23)22(27)29-15-21(26)24-17-7-9-18(10-8-17)25-12-4-2-3-5-13-25/h6-11,14H,2-5,12-13,15H2,1H3,(H,24,26). The van der Waals surface area contributed by atoms with Gasteiger partial charge in [-0.15, -0.1) is 0 Å². The second-order valence-electron chi connectivity index (χ2n) is 6.92. The van der Waals surface area contributed by atoms with E-state index in [4.69, 9.17) is 9.47 Å². The van der Waals surface area contributed by atoms with E-state index in [9.17, 15) is 14.0 Å². The molecule has 1 heterocycles. The lowest BCUT2D eigenvalue weighted by atomic mass is 10.2. The highest BCUT2D eigenvalue weighted by atomic mass is 19.1. The largest absolute Gasteiger partial charge is 0.494 e. The number of halogens is 1. The monoisotopic (exact) mass is 400 g/mol. The molecule has 1 N–H and O–H groups in total. The number of hydrogen-bond acceptors (Lipinski definition) is 5. The molecule has 0 aromatic heterocycles. The van der Waals surface area contributed by atoms with Gasteiger partial charge in [0.25, 0.3) is 5.91 Å². The molecule has 0 atom stereocenters. The van der Waals surface area contributed by atoms with Crippen LogP contribution in [0.1, 0.15) is 36.0 Å². The smallest absolute Gasteiger partial charge is 0.338 e. The Morgan fingerprint density at radius 1 is 1.03 bits per heavy atom. The lowest BCUT2D eigenvalue weighted by Gasteiger charge is -2.22. The number of carbonyl (C=O) groups is 2. The van der Waals surface area contributed by atoms with Gasteiger partial charge in [-0.1, -0.05) is 12.8 Å². The van der Waals surface area contributed by atoms with E-state index in [0.717, 1.165) is 24.8 Å². The van der Waals surface area contributed by atoms with E-state index >= 15 is 0 Å². The summed E-state index contributed by atoms with van der Waals surface area (Å²) >= 11 is 0. The third-order valence-electron chi connectivity index (χ3n) is 4.84. The molecule has 0 radical (unpaired) electrons. The Kier molecular flexibility index (Phi) is 7.05. The molecule has 2 aromatic rings. The summed E-state index contributed by atoms with van der Waals surface area (Å²) < 4.78 is 23.4. The molecule has 1 amide bonds. The van der Waals surface area contributed by atoms with Crippen molar-refractivity contribution < 1.29 is 23.5 Å². The summed E-state index contributed by atoms with van der Waals surface area (Å²) in [4.78, 5) is 26.4. The van der Waals surface area contributed by atoms with Crippen LogP contribution < -0.4 is 15.0 Å². The van der Waals surface area contributed by atoms with Gasteiger partial charge >= 0.3 is 5.97 Å². The van der Waals surface area contributed by atoms with E-state index in [1.54, 1.807) is 0 Å². The van der Waals surface area contributed by atoms with Crippen LogP contribution in [-0.2, 0) is 9.53 Å². The number of hydrogen-bond donors (Lipinski definition) is 1. The number of anilines is 2. The molecule has 0 saturated carbocycles. The van der Waals surface area contributed by atoms with Gasteiger partial charge in [0.15, 0.2) is 18.2 Å². The maximum atomic E-state index is 13.7. The number of benzene rings is 2. The van der Waals surface area contributed by atoms with E-state index < -0.39 is 24.3 Å². The number of methoxy groups -OCH3 is 1. The zero-order valence-corrected chi connectivity index (χ0v) is 16.4. The van der Waals surface area contributed by atoms with Gasteiger partial charge in [0, 0.05) is 24.5 Å². The van der Waals surface area contributed by atoms with Crippen LogP contribution in [0, 0.1) is 5.82 Å². The molecule has 1 aliphatic rings. The van der Waals surface area contributed by atoms with Crippen LogP contribution in [0.25, 0.3) is 0 Å². The van der Waals surface area contributed by atoms with Crippen LogP contribution in [0.2, 0.25) is 0 Å². The molecule has 29 heavy (non-hydrogen) atoms. The average molecular weight is 400 g/mol. The minimum absolute atomic E-state index is 0.0119. The predicted molar refractivity (Wildman–Crippen MR) is 109 cm³/mol. The Hall–Kier alpha value is -3.09. The van der Waals surface area contributed by atoms with Crippen molar-refractivity contribution in [1.29, 1.82) is 0 Å². The SMILES string of the molecule is COc1ccc(C(=O)OCC(=O)Nc2ccc(N3CCCCCC3)cc2)cc1F. The third kappa shape index (κ3) is 5.70. The van der Waals surface area contributed by atoms with Gasteiger partial charge < -0.3 is 19.7 Å². The molecule has 7 heteroatoms. The fourth-order valence-electron chi connectivity index (χ4n) is 3.29. The predicted octanol–water partition coefficient (Wildman–Crippen LogP) is 4.01. The molecular weight excluding hydrogens is 375 g/mol. The Morgan fingerprint density at radius 2 is 1.72 bits per heavy atom. The first-order valence-corrected chi connectivity index (χ1v) is 9.72. The Balaban J connectivity index is 1.50. The summed E-state index contributed by atoms with van der Waals surface area (Å²) in [5.41, 5.74) is 1.77. The van der Waals surface area contributed by atoms with Crippen LogP contribution in [0.3, 0.4) is 0 Å². The van der Waals surface area contributed by atoms with E-state index in [1.165, 1.54) is 44.9 Å². The maximum absolute atomic E-state index is 13.7. The fourth-order valence-corrected chi connectivity index (χ4v) is 3.29. The lowest BCUT2D eigenvalue weighted by Crippen LogP contribution is -2.24. The molecule has 0 spiro atoms. The number of amides is 1. The molecular formula is C22H25FN2O4. The van der Waals surface area contributed by atoms with Gasteiger partial charge in [-0.3, -0.25) is 4.79 Å². The zero-order valence-electron chi connectivity index (χ0n) is 16.4. The van der Waals surface area contributed by atoms with E-state index in [2.05, 4.69) is 10.2 Å². The quantitative estimate of drug-likeness (QED) is 0.742. The normalized spacial score (nSPS) is 14.1. The molecule has 6 nitrogen and oxygen atoms in total. The number of ether oxygens (including phenoxy) is 2. The Labute approximate surface area is 169 Å². The number of carbonyl (C=O) groups excluding carboxylic acids is 2. The molecule has 0 unspecified atom stereocenters. The number of nitrogens with one attached hydrogen (secondary N) is 1. The van der Waals surface area contributed by atoms with Crippen molar-refractivity contribution in [3.63, 3.8) is 0 Å². The van der Waals surface area contributed by atoms with Crippen molar-refractivity contribution in [2.75, 3.05) is 37.0 Å². The second kappa shape index (κ2) is 9.91. The number of rotatable bonds is 6. The molecule has 1 saturated heterocycles. The number of esters is 1. The summed E-state index contributed by atoms with van der Waals surface area (Å²) in [6.45, 7) is 1.64. The Morgan fingerprint density at radius 3 is 2.34 bits per heavy atom. The van der Waals surface area contributed by atoms with Crippen molar-refractivity contribution >= 4 is 23.3 Å². The van der Waals surface area contributed by atoms with Crippen LogP contribution >= 0.6 is 0 Å². The van der Waals surface area contributed by atoms with Crippen LogP contribution in [0.15, 0.2) is 42.5 Å². The van der Waals surface area contributed by atoms with Crippen molar-refractivity contribution in [2.24, 2.45) is 0 Å². The minimum atomic E-state index is -0.779. The van der Waals surface area contributed by atoms with Gasteiger partial charge in [0.05, 0.1) is 12.7 Å². The van der Waals surface area contributed by atoms with E-state index in [1.807, 2.05) is 24.3 Å². The summed E-state index contributed by atoms with van der Waals surface area (Å²) in [5, 5.41) is 2.69. The lowest BCUT2D eigenvalue weighted by molar-refractivity contribution is -0.119. The highest BCUT2D eigenvalue weighted by molar-refractivity contribution is 5.95. The van der Waals surface area contributed by atoms with Crippen LogP contribution in [0.5, 0.6) is 5.75 Å². The van der Waals surface area contributed by atoms with Crippen LogP contribution in [-0.4, -0.2) is 38.7 Å². The summed E-state index contributed by atoms with van der Waals surface area (Å²) in [5.74, 6) is -1.88. The van der Waals surface area contributed by atoms with E-state index in [0.29, 0.717) is 5.69 Å². The molecule has 0 aliphatic carbocycles. The highest BCUT2D eigenvalue weighted by Gasteiger charge is 2.14. The first kappa shape index (κ1) is 20.6. The van der Waals surface area contributed by atoms with Crippen molar-refractivity contribution in [1.82, 2.24) is 0 Å². The summed E-state index contributed by atoms with van der Waals surface area (Å²) in [6, 6.07) is 11.3. The number of nitrogens with zero attached hydrogens (tertiary/aromatic N) is 1. The second-order valence-corrected chi connectivity index (χ2v) is 6.92.